The van der Waals surface area contributed by atoms with Crippen LogP contribution in [0.4, 0.5) is 0 Å². The number of halogens is 1. The van der Waals surface area contributed by atoms with Crippen LogP contribution >= 0.6 is 15.9 Å². The van der Waals surface area contributed by atoms with E-state index in [1.54, 1.807) is 20.4 Å². The summed E-state index contributed by atoms with van der Waals surface area (Å²) in [5, 5.41) is 4.37. The van der Waals surface area contributed by atoms with Gasteiger partial charge in [-0.15, -0.1) is 0 Å². The first kappa shape index (κ1) is 14.2. The average Bonchev–Trinajstić information content (AvgIpc) is 2.87. The van der Waals surface area contributed by atoms with Crippen LogP contribution in [0, 0.1) is 0 Å². The minimum absolute atomic E-state index is 0.0809. The third-order valence-electron chi connectivity index (χ3n) is 3.02. The second-order valence-corrected chi connectivity index (χ2v) is 5.12. The summed E-state index contributed by atoms with van der Waals surface area (Å²) in [4.78, 5) is 0. The molecule has 0 saturated heterocycles. The number of benzene rings is 1. The molecule has 2 rings (SSSR count). The predicted molar refractivity (Wildman–Crippen MR) is 76.9 cm³/mol. The van der Waals surface area contributed by atoms with Crippen LogP contribution in [0.2, 0.25) is 0 Å². The van der Waals surface area contributed by atoms with Crippen molar-refractivity contribution in [2.24, 2.45) is 0 Å². The first-order valence-electron chi connectivity index (χ1n) is 6.04. The van der Waals surface area contributed by atoms with E-state index >= 15 is 0 Å². The second-order valence-electron chi connectivity index (χ2n) is 4.20. The Bertz CT molecular complexity index is 497. The first-order chi connectivity index (χ1) is 9.24. The maximum Gasteiger partial charge on any atom is 0.159 e. The summed E-state index contributed by atoms with van der Waals surface area (Å²) in [5.41, 5.74) is 1.18. The fourth-order valence-electron chi connectivity index (χ4n) is 2.03. The zero-order chi connectivity index (χ0) is 13.7. The van der Waals surface area contributed by atoms with Gasteiger partial charge in [0, 0.05) is 26.8 Å². The van der Waals surface area contributed by atoms with E-state index in [0.29, 0.717) is 6.42 Å². The van der Waals surface area contributed by atoms with Crippen LogP contribution in [-0.2, 0) is 9.47 Å². The molecule has 4 nitrogen and oxygen atoms in total. The molecule has 0 spiro atoms. The number of hydrogen-bond donors (Lipinski definition) is 0. The van der Waals surface area contributed by atoms with Gasteiger partial charge >= 0.3 is 0 Å². The van der Waals surface area contributed by atoms with Crippen LogP contribution in [-0.4, -0.2) is 30.3 Å². The molecular weight excluding hydrogens is 308 g/mol. The number of rotatable bonds is 6. The third-order valence-corrected chi connectivity index (χ3v) is 3.42. The van der Waals surface area contributed by atoms with Crippen molar-refractivity contribution < 1.29 is 9.47 Å². The largest absolute Gasteiger partial charge is 0.356 e. The van der Waals surface area contributed by atoms with Crippen LogP contribution in [0.5, 0.6) is 0 Å². The third kappa shape index (κ3) is 3.65. The summed E-state index contributed by atoms with van der Waals surface area (Å²) >= 11 is 3.43. The van der Waals surface area contributed by atoms with Crippen LogP contribution in [0.25, 0.3) is 0 Å². The van der Waals surface area contributed by atoms with E-state index in [-0.39, 0.29) is 12.3 Å². The molecule has 0 aliphatic heterocycles. The summed E-state index contributed by atoms with van der Waals surface area (Å²) < 4.78 is 13.5. The molecule has 2 aromatic rings. The predicted octanol–water partition coefficient (Wildman–Crippen LogP) is 3.24. The van der Waals surface area contributed by atoms with Crippen LogP contribution in [0.1, 0.15) is 18.0 Å². The Morgan fingerprint density at radius 1 is 1.21 bits per heavy atom. The zero-order valence-corrected chi connectivity index (χ0v) is 12.6. The minimum Gasteiger partial charge on any atom is -0.356 e. The van der Waals surface area contributed by atoms with Crippen LogP contribution < -0.4 is 0 Å². The molecule has 19 heavy (non-hydrogen) atoms. The maximum absolute atomic E-state index is 5.30. The van der Waals surface area contributed by atoms with Gasteiger partial charge < -0.3 is 9.47 Å². The van der Waals surface area contributed by atoms with E-state index in [4.69, 9.17) is 9.47 Å². The van der Waals surface area contributed by atoms with Crippen LogP contribution in [0.3, 0.4) is 0 Å². The smallest absolute Gasteiger partial charge is 0.159 e. The number of methoxy groups -OCH3 is 2. The van der Waals surface area contributed by atoms with Crippen molar-refractivity contribution in [1.82, 2.24) is 9.78 Å². The molecule has 102 valence electrons. The van der Waals surface area contributed by atoms with E-state index < -0.39 is 0 Å². The number of aromatic nitrogens is 2. The summed E-state index contributed by atoms with van der Waals surface area (Å²) in [5.74, 6) is 0. The lowest BCUT2D eigenvalue weighted by Gasteiger charge is -2.22. The zero-order valence-electron chi connectivity index (χ0n) is 11.0. The fraction of sp³-hybridized carbons (Fsp3) is 0.357. The Morgan fingerprint density at radius 3 is 2.42 bits per heavy atom. The normalized spacial score (nSPS) is 12.8. The highest BCUT2D eigenvalue weighted by Crippen LogP contribution is 2.25. The highest BCUT2D eigenvalue weighted by atomic mass is 79.9. The van der Waals surface area contributed by atoms with Crippen molar-refractivity contribution in [3.05, 3.63) is 52.8 Å². The van der Waals surface area contributed by atoms with Crippen molar-refractivity contribution >= 4 is 15.9 Å². The van der Waals surface area contributed by atoms with Gasteiger partial charge in [-0.2, -0.15) is 5.10 Å². The quantitative estimate of drug-likeness (QED) is 0.765. The molecular formula is C14H17BrN2O2. The molecule has 1 atom stereocenters. The summed E-state index contributed by atoms with van der Waals surface area (Å²) in [7, 11) is 3.30. The van der Waals surface area contributed by atoms with Gasteiger partial charge in [0.05, 0.1) is 16.7 Å². The van der Waals surface area contributed by atoms with Gasteiger partial charge in [-0.05, 0) is 21.5 Å². The number of hydrogen-bond acceptors (Lipinski definition) is 3. The Morgan fingerprint density at radius 2 is 1.89 bits per heavy atom. The van der Waals surface area contributed by atoms with E-state index in [2.05, 4.69) is 33.2 Å². The van der Waals surface area contributed by atoms with E-state index in [1.165, 1.54) is 5.56 Å². The number of nitrogens with zero attached hydrogens (tertiary/aromatic N) is 2. The molecule has 1 unspecified atom stereocenters. The number of ether oxygens (including phenoxy) is 2. The van der Waals surface area contributed by atoms with E-state index in [0.717, 1.165) is 4.47 Å². The molecule has 0 aliphatic carbocycles. The van der Waals surface area contributed by atoms with Gasteiger partial charge in [0.25, 0.3) is 0 Å². The molecule has 0 radical (unpaired) electrons. The lowest BCUT2D eigenvalue weighted by atomic mass is 10.0. The van der Waals surface area contributed by atoms with Crippen molar-refractivity contribution in [2.45, 2.75) is 18.8 Å². The van der Waals surface area contributed by atoms with Gasteiger partial charge in [0.1, 0.15) is 0 Å². The molecule has 0 amide bonds. The SMILES string of the molecule is COC(CC(c1ccccc1)n1cc(Br)cn1)OC. The van der Waals surface area contributed by atoms with Crippen molar-refractivity contribution in [1.29, 1.82) is 0 Å². The average molecular weight is 325 g/mol. The van der Waals surface area contributed by atoms with Gasteiger partial charge in [-0.3, -0.25) is 4.68 Å². The maximum atomic E-state index is 5.30. The van der Waals surface area contributed by atoms with Crippen LogP contribution in [0.15, 0.2) is 47.2 Å². The summed E-state index contributed by atoms with van der Waals surface area (Å²) in [6, 6.07) is 10.3. The lowest BCUT2D eigenvalue weighted by Crippen LogP contribution is -2.22. The molecule has 0 saturated carbocycles. The van der Waals surface area contributed by atoms with Gasteiger partial charge in [-0.1, -0.05) is 30.3 Å². The first-order valence-corrected chi connectivity index (χ1v) is 6.84. The molecule has 1 aromatic heterocycles. The molecule has 5 heteroatoms. The Balaban J connectivity index is 2.28. The molecule has 1 heterocycles. The molecule has 0 aliphatic rings. The van der Waals surface area contributed by atoms with Gasteiger partial charge in [-0.25, -0.2) is 0 Å². The fourth-order valence-corrected chi connectivity index (χ4v) is 2.33. The highest BCUT2D eigenvalue weighted by Gasteiger charge is 2.20. The molecule has 1 aromatic carbocycles. The van der Waals surface area contributed by atoms with Crippen molar-refractivity contribution in [3.63, 3.8) is 0 Å². The highest BCUT2D eigenvalue weighted by molar-refractivity contribution is 9.10. The molecule has 0 fully saturated rings. The van der Waals surface area contributed by atoms with Crippen molar-refractivity contribution in [2.75, 3.05) is 14.2 Å². The van der Waals surface area contributed by atoms with E-state index in [9.17, 15) is 0 Å². The van der Waals surface area contributed by atoms with E-state index in [1.807, 2.05) is 29.1 Å². The summed E-state index contributed by atoms with van der Waals surface area (Å²) in [6.45, 7) is 0. The Kier molecular flexibility index (Phi) is 5.13. The summed E-state index contributed by atoms with van der Waals surface area (Å²) in [6.07, 6.45) is 4.18. The van der Waals surface area contributed by atoms with Gasteiger partial charge in [0.2, 0.25) is 0 Å². The standard InChI is InChI=1S/C14H17BrN2O2/c1-18-14(19-2)8-13(11-6-4-3-5-7-11)17-10-12(15)9-16-17/h3-7,9-10,13-14H,8H2,1-2H3. The van der Waals surface area contributed by atoms with Crippen molar-refractivity contribution in [3.8, 4) is 0 Å². The molecule has 0 N–H and O–H groups in total. The topological polar surface area (TPSA) is 36.3 Å². The lowest BCUT2D eigenvalue weighted by molar-refractivity contribution is -0.111. The Labute approximate surface area is 121 Å². The monoisotopic (exact) mass is 324 g/mol. The Hall–Kier alpha value is -1.17. The minimum atomic E-state index is -0.256. The molecule has 0 bridgehead atoms. The second kappa shape index (κ2) is 6.84. The van der Waals surface area contributed by atoms with Gasteiger partial charge in [0.15, 0.2) is 6.29 Å².